The number of rotatable bonds is 8. The third-order valence-electron chi connectivity index (χ3n) is 3.49. The van der Waals surface area contributed by atoms with Gasteiger partial charge in [0.15, 0.2) is 0 Å². The summed E-state index contributed by atoms with van der Waals surface area (Å²) in [7, 11) is -2.02. The van der Waals surface area contributed by atoms with Crippen LogP contribution in [0.5, 0.6) is 0 Å². The van der Waals surface area contributed by atoms with E-state index in [4.69, 9.17) is 10.5 Å². The van der Waals surface area contributed by atoms with Gasteiger partial charge in [0.1, 0.15) is 0 Å². The summed E-state index contributed by atoms with van der Waals surface area (Å²) in [5.41, 5.74) is 6.80. The minimum Gasteiger partial charge on any atom is -0.383 e. The summed E-state index contributed by atoms with van der Waals surface area (Å²) in [5.74, 6) is 0.140. The largest absolute Gasteiger partial charge is 0.383 e. The molecule has 0 saturated heterocycles. The summed E-state index contributed by atoms with van der Waals surface area (Å²) in [6.07, 6.45) is 0.759. The highest BCUT2D eigenvalue weighted by Gasteiger charge is 2.23. The lowest BCUT2D eigenvalue weighted by molar-refractivity contribution is 0.157. The quantitative estimate of drug-likeness (QED) is 0.769. The third-order valence-corrected chi connectivity index (χ3v) is 4.98. The lowest BCUT2D eigenvalue weighted by Gasteiger charge is -2.21. The van der Waals surface area contributed by atoms with Crippen molar-refractivity contribution >= 4 is 10.0 Å². The van der Waals surface area contributed by atoms with E-state index < -0.39 is 10.0 Å². The summed E-state index contributed by atoms with van der Waals surface area (Å²) >= 11 is 0. The fraction of sp³-hybridized carbons (Fsp3) is 0.600. The second-order valence-corrected chi connectivity index (χ2v) is 7.23. The maximum Gasteiger partial charge on any atom is 0.240 e. The van der Waals surface area contributed by atoms with Crippen LogP contribution in [0.2, 0.25) is 0 Å². The summed E-state index contributed by atoms with van der Waals surface area (Å²) in [4.78, 5) is 0.241. The molecular formula is C15H26N2O3S. The molecule has 0 fully saturated rings. The average molecular weight is 314 g/mol. The summed E-state index contributed by atoms with van der Waals surface area (Å²) in [6, 6.07) is 6.38. The molecule has 0 bridgehead atoms. The van der Waals surface area contributed by atoms with E-state index >= 15 is 0 Å². The molecule has 0 heterocycles. The lowest BCUT2D eigenvalue weighted by Crippen LogP contribution is -2.41. The predicted molar refractivity (Wildman–Crippen MR) is 84.5 cm³/mol. The summed E-state index contributed by atoms with van der Waals surface area (Å²) in [6.45, 7) is 6.22. The molecule has 5 nitrogen and oxygen atoms in total. The van der Waals surface area contributed by atoms with Crippen molar-refractivity contribution in [3.8, 4) is 0 Å². The zero-order valence-electron chi connectivity index (χ0n) is 13.2. The molecule has 0 aliphatic heterocycles. The SMILES string of the molecule is CCC(N)c1cccc(S(=O)(=O)NC(COC)C(C)C)c1. The van der Waals surface area contributed by atoms with Crippen LogP contribution in [0.25, 0.3) is 0 Å². The number of nitrogens with one attached hydrogen (secondary N) is 1. The first kappa shape index (κ1) is 18.1. The Hall–Kier alpha value is -0.950. The maximum atomic E-state index is 12.5. The van der Waals surface area contributed by atoms with Crippen LogP contribution in [0, 0.1) is 5.92 Å². The Balaban J connectivity index is 3.02. The molecule has 6 heteroatoms. The molecular weight excluding hydrogens is 288 g/mol. The molecule has 0 aliphatic rings. The lowest BCUT2D eigenvalue weighted by atomic mass is 10.1. The van der Waals surface area contributed by atoms with E-state index in [1.807, 2.05) is 26.8 Å². The van der Waals surface area contributed by atoms with Crippen molar-refractivity contribution in [2.24, 2.45) is 11.7 Å². The van der Waals surface area contributed by atoms with E-state index in [1.54, 1.807) is 25.3 Å². The Bertz CT molecular complexity index is 544. The van der Waals surface area contributed by atoms with Gasteiger partial charge in [0.05, 0.1) is 11.5 Å². The fourth-order valence-corrected chi connectivity index (χ4v) is 3.38. The van der Waals surface area contributed by atoms with Crippen LogP contribution in [0.15, 0.2) is 29.2 Å². The predicted octanol–water partition coefficient (Wildman–Crippen LogP) is 2.05. The maximum absolute atomic E-state index is 12.5. The highest BCUT2D eigenvalue weighted by Crippen LogP contribution is 2.19. The summed E-state index contributed by atoms with van der Waals surface area (Å²) < 4.78 is 32.7. The zero-order chi connectivity index (χ0) is 16.0. The highest BCUT2D eigenvalue weighted by molar-refractivity contribution is 7.89. The van der Waals surface area contributed by atoms with Gasteiger partial charge in [0.25, 0.3) is 0 Å². The van der Waals surface area contributed by atoms with Gasteiger partial charge in [-0.15, -0.1) is 0 Å². The number of hydrogen-bond donors (Lipinski definition) is 2. The molecule has 0 aliphatic carbocycles. The first-order valence-corrected chi connectivity index (χ1v) is 8.67. The Morgan fingerprint density at radius 2 is 2.00 bits per heavy atom. The van der Waals surface area contributed by atoms with E-state index in [9.17, 15) is 8.42 Å². The van der Waals surface area contributed by atoms with E-state index in [-0.39, 0.29) is 22.9 Å². The number of methoxy groups -OCH3 is 1. The number of benzene rings is 1. The second-order valence-electron chi connectivity index (χ2n) is 5.51. The monoisotopic (exact) mass is 314 g/mol. The van der Waals surface area contributed by atoms with Gasteiger partial charge < -0.3 is 10.5 Å². The molecule has 3 N–H and O–H groups in total. The molecule has 0 saturated carbocycles. The van der Waals surface area contributed by atoms with Gasteiger partial charge in [-0.05, 0) is 30.0 Å². The van der Waals surface area contributed by atoms with Gasteiger partial charge in [-0.3, -0.25) is 0 Å². The summed E-state index contributed by atoms with van der Waals surface area (Å²) in [5, 5.41) is 0. The van der Waals surface area contributed by atoms with Crippen LogP contribution in [0.4, 0.5) is 0 Å². The second kappa shape index (κ2) is 7.89. The Morgan fingerprint density at radius 1 is 1.33 bits per heavy atom. The van der Waals surface area contributed by atoms with Crippen molar-refractivity contribution in [3.63, 3.8) is 0 Å². The smallest absolute Gasteiger partial charge is 0.240 e. The Labute approximate surface area is 127 Å². The van der Waals surface area contributed by atoms with Crippen LogP contribution < -0.4 is 10.5 Å². The molecule has 1 aromatic rings. The van der Waals surface area contributed by atoms with Gasteiger partial charge >= 0.3 is 0 Å². The van der Waals surface area contributed by atoms with E-state index in [0.29, 0.717) is 6.61 Å². The van der Waals surface area contributed by atoms with Gasteiger partial charge in [-0.25, -0.2) is 13.1 Å². The van der Waals surface area contributed by atoms with Gasteiger partial charge in [0, 0.05) is 19.2 Å². The van der Waals surface area contributed by atoms with E-state index in [0.717, 1.165) is 12.0 Å². The zero-order valence-corrected chi connectivity index (χ0v) is 14.0. The fourth-order valence-electron chi connectivity index (χ4n) is 1.96. The molecule has 2 atom stereocenters. The first-order valence-electron chi connectivity index (χ1n) is 7.18. The van der Waals surface area contributed by atoms with Crippen LogP contribution in [-0.2, 0) is 14.8 Å². The molecule has 0 spiro atoms. The van der Waals surface area contributed by atoms with Crippen molar-refractivity contribution in [2.45, 2.75) is 44.2 Å². The Kier molecular flexibility index (Phi) is 6.80. The van der Waals surface area contributed by atoms with Gasteiger partial charge in [-0.2, -0.15) is 0 Å². The molecule has 0 aromatic heterocycles. The van der Waals surface area contributed by atoms with Crippen LogP contribution >= 0.6 is 0 Å². The molecule has 1 aromatic carbocycles. The van der Waals surface area contributed by atoms with Gasteiger partial charge in [0.2, 0.25) is 10.0 Å². The van der Waals surface area contributed by atoms with Crippen molar-refractivity contribution in [2.75, 3.05) is 13.7 Å². The van der Waals surface area contributed by atoms with Gasteiger partial charge in [-0.1, -0.05) is 32.9 Å². The van der Waals surface area contributed by atoms with E-state index in [2.05, 4.69) is 4.72 Å². The standard InChI is InChI=1S/C15H26N2O3S/c1-5-14(16)12-7-6-8-13(9-12)21(18,19)17-15(10-20-4)11(2)3/h6-9,11,14-15,17H,5,10,16H2,1-4H3. The minimum atomic E-state index is -3.58. The molecule has 1 rings (SSSR count). The first-order chi connectivity index (χ1) is 9.81. The number of sulfonamides is 1. The molecule has 2 unspecified atom stereocenters. The highest BCUT2D eigenvalue weighted by atomic mass is 32.2. The normalized spacial score (nSPS) is 15.1. The van der Waals surface area contributed by atoms with E-state index in [1.165, 1.54) is 0 Å². The van der Waals surface area contributed by atoms with Crippen molar-refractivity contribution in [1.29, 1.82) is 0 Å². The number of hydrogen-bond acceptors (Lipinski definition) is 4. The molecule has 0 amide bonds. The van der Waals surface area contributed by atoms with Crippen molar-refractivity contribution in [3.05, 3.63) is 29.8 Å². The molecule has 120 valence electrons. The Morgan fingerprint density at radius 3 is 2.52 bits per heavy atom. The van der Waals surface area contributed by atoms with Crippen molar-refractivity contribution < 1.29 is 13.2 Å². The third kappa shape index (κ3) is 5.07. The molecule has 0 radical (unpaired) electrons. The van der Waals surface area contributed by atoms with Crippen LogP contribution in [0.3, 0.4) is 0 Å². The van der Waals surface area contributed by atoms with Crippen LogP contribution in [0.1, 0.15) is 38.8 Å². The molecule has 21 heavy (non-hydrogen) atoms. The number of nitrogens with two attached hydrogens (primary N) is 1. The minimum absolute atomic E-state index is 0.140. The van der Waals surface area contributed by atoms with Crippen molar-refractivity contribution in [1.82, 2.24) is 4.72 Å². The number of ether oxygens (including phenoxy) is 1. The average Bonchev–Trinajstić information content (AvgIpc) is 2.45. The van der Waals surface area contributed by atoms with Crippen LogP contribution in [-0.4, -0.2) is 28.2 Å². The topological polar surface area (TPSA) is 81.4 Å².